The molecule has 1 heterocycles. The molecular formula is C14H18N4OS. The van der Waals surface area contributed by atoms with Crippen molar-refractivity contribution < 1.29 is 0 Å². The van der Waals surface area contributed by atoms with Gasteiger partial charge in [0.1, 0.15) is 0 Å². The Kier molecular flexibility index (Phi) is 4.92. The Morgan fingerprint density at radius 3 is 2.70 bits per heavy atom. The quantitative estimate of drug-likeness (QED) is 0.649. The average molecular weight is 290 g/mol. The number of nitrogens with zero attached hydrogens (tertiary/aromatic N) is 2. The normalized spacial score (nSPS) is 10.8. The van der Waals surface area contributed by atoms with Crippen molar-refractivity contribution >= 4 is 11.8 Å². The first kappa shape index (κ1) is 14.7. The highest BCUT2D eigenvalue weighted by Gasteiger charge is 2.08. The fraction of sp³-hybridized carbons (Fsp3) is 0.357. The number of nitrogens with one attached hydrogen (secondary N) is 1. The smallest absolute Gasteiger partial charge is 0.278 e. The maximum atomic E-state index is 12.1. The molecule has 20 heavy (non-hydrogen) atoms. The number of rotatable bonds is 5. The molecule has 0 spiro atoms. The standard InChI is InChI=1S/C14H18N4OS/c1-9-4-5-11(8-10(9)2)12-13(19)16-14(18-17-12)20-7-3-6-15/h4-5,8H,3,6-7,15H2,1-2H3,(H,16,18,19). The SMILES string of the molecule is Cc1ccc(-c2nnc(SCCCN)[nH]c2=O)cc1C. The summed E-state index contributed by atoms with van der Waals surface area (Å²) in [5.74, 6) is 0.824. The number of nitrogens with two attached hydrogens (primary N) is 1. The predicted molar refractivity (Wildman–Crippen MR) is 82.0 cm³/mol. The van der Waals surface area contributed by atoms with Gasteiger partial charge in [0.15, 0.2) is 10.9 Å². The summed E-state index contributed by atoms with van der Waals surface area (Å²) in [6.45, 7) is 4.68. The van der Waals surface area contributed by atoms with Crippen molar-refractivity contribution in [1.29, 1.82) is 0 Å². The Morgan fingerprint density at radius 1 is 1.25 bits per heavy atom. The summed E-state index contributed by atoms with van der Waals surface area (Å²) in [6.07, 6.45) is 0.882. The van der Waals surface area contributed by atoms with E-state index in [0.29, 0.717) is 17.4 Å². The van der Waals surface area contributed by atoms with E-state index < -0.39 is 0 Å². The lowest BCUT2D eigenvalue weighted by Gasteiger charge is -2.04. The van der Waals surface area contributed by atoms with Gasteiger partial charge in [-0.25, -0.2) is 0 Å². The number of aryl methyl sites for hydroxylation is 2. The zero-order valence-electron chi connectivity index (χ0n) is 11.6. The molecule has 1 aromatic carbocycles. The van der Waals surface area contributed by atoms with Gasteiger partial charge in [0, 0.05) is 11.3 Å². The van der Waals surface area contributed by atoms with Crippen LogP contribution in [0.2, 0.25) is 0 Å². The highest BCUT2D eigenvalue weighted by molar-refractivity contribution is 7.99. The summed E-state index contributed by atoms with van der Waals surface area (Å²) in [5.41, 5.74) is 8.68. The monoisotopic (exact) mass is 290 g/mol. The molecule has 0 saturated carbocycles. The van der Waals surface area contributed by atoms with Crippen LogP contribution in [0.3, 0.4) is 0 Å². The van der Waals surface area contributed by atoms with E-state index >= 15 is 0 Å². The summed E-state index contributed by atoms with van der Waals surface area (Å²) in [5, 5.41) is 8.65. The maximum absolute atomic E-state index is 12.1. The molecule has 0 unspecified atom stereocenters. The van der Waals surface area contributed by atoms with Crippen LogP contribution >= 0.6 is 11.8 Å². The van der Waals surface area contributed by atoms with Crippen LogP contribution in [-0.2, 0) is 0 Å². The Hall–Kier alpha value is -1.66. The van der Waals surface area contributed by atoms with Gasteiger partial charge in [-0.3, -0.25) is 9.78 Å². The van der Waals surface area contributed by atoms with Crippen molar-refractivity contribution in [1.82, 2.24) is 15.2 Å². The van der Waals surface area contributed by atoms with Crippen LogP contribution in [0.15, 0.2) is 28.2 Å². The number of thioether (sulfide) groups is 1. The molecule has 1 aromatic heterocycles. The number of hydrogen-bond donors (Lipinski definition) is 2. The second-order valence-corrected chi connectivity index (χ2v) is 5.68. The molecule has 106 valence electrons. The fourth-order valence-corrected chi connectivity index (χ4v) is 2.48. The van der Waals surface area contributed by atoms with Gasteiger partial charge < -0.3 is 5.73 Å². The molecule has 0 bridgehead atoms. The van der Waals surface area contributed by atoms with E-state index in [1.165, 1.54) is 17.3 Å². The number of aromatic amines is 1. The summed E-state index contributed by atoms with van der Waals surface area (Å²) < 4.78 is 0. The zero-order valence-corrected chi connectivity index (χ0v) is 12.5. The molecule has 2 aromatic rings. The lowest BCUT2D eigenvalue weighted by molar-refractivity contribution is 0.821. The van der Waals surface area contributed by atoms with Crippen molar-refractivity contribution in [3.8, 4) is 11.3 Å². The van der Waals surface area contributed by atoms with E-state index in [4.69, 9.17) is 5.73 Å². The molecule has 6 heteroatoms. The van der Waals surface area contributed by atoms with E-state index in [1.54, 1.807) is 0 Å². The minimum Gasteiger partial charge on any atom is -0.330 e. The van der Waals surface area contributed by atoms with E-state index in [2.05, 4.69) is 15.2 Å². The van der Waals surface area contributed by atoms with Crippen molar-refractivity contribution in [3.05, 3.63) is 39.7 Å². The Balaban J connectivity index is 2.25. The van der Waals surface area contributed by atoms with Gasteiger partial charge in [-0.2, -0.15) is 0 Å². The maximum Gasteiger partial charge on any atom is 0.278 e. The molecular weight excluding hydrogens is 272 g/mol. The molecule has 3 N–H and O–H groups in total. The summed E-state index contributed by atoms with van der Waals surface area (Å²) in [4.78, 5) is 14.8. The molecule has 0 amide bonds. The van der Waals surface area contributed by atoms with Crippen LogP contribution in [0.4, 0.5) is 0 Å². The first-order valence-corrected chi connectivity index (χ1v) is 7.48. The molecule has 0 atom stereocenters. The molecule has 0 radical (unpaired) electrons. The van der Waals surface area contributed by atoms with Crippen molar-refractivity contribution in [3.63, 3.8) is 0 Å². The molecule has 5 nitrogen and oxygen atoms in total. The van der Waals surface area contributed by atoms with Crippen molar-refractivity contribution in [2.45, 2.75) is 25.4 Å². The van der Waals surface area contributed by atoms with Gasteiger partial charge in [-0.05, 0) is 44.0 Å². The summed E-state index contributed by atoms with van der Waals surface area (Å²) in [7, 11) is 0. The van der Waals surface area contributed by atoms with Crippen LogP contribution in [0.1, 0.15) is 17.5 Å². The largest absolute Gasteiger partial charge is 0.330 e. The first-order valence-electron chi connectivity index (χ1n) is 6.49. The van der Waals surface area contributed by atoms with E-state index in [0.717, 1.165) is 23.3 Å². The number of benzene rings is 1. The van der Waals surface area contributed by atoms with Crippen LogP contribution in [0.25, 0.3) is 11.3 Å². The average Bonchev–Trinajstić information content (AvgIpc) is 2.43. The Bertz CT molecular complexity index is 654. The molecule has 2 rings (SSSR count). The molecule has 0 aliphatic rings. The Morgan fingerprint density at radius 2 is 2.05 bits per heavy atom. The fourth-order valence-electron chi connectivity index (χ4n) is 1.72. The highest BCUT2D eigenvalue weighted by atomic mass is 32.2. The second-order valence-electron chi connectivity index (χ2n) is 4.60. The van der Waals surface area contributed by atoms with Gasteiger partial charge in [-0.1, -0.05) is 23.9 Å². The highest BCUT2D eigenvalue weighted by Crippen LogP contribution is 2.18. The van der Waals surface area contributed by atoms with Gasteiger partial charge in [0.05, 0.1) is 0 Å². The van der Waals surface area contributed by atoms with Crippen molar-refractivity contribution in [2.75, 3.05) is 12.3 Å². The number of aromatic nitrogens is 3. The van der Waals surface area contributed by atoms with Gasteiger partial charge in [0.25, 0.3) is 5.56 Å². The topological polar surface area (TPSA) is 84.7 Å². The van der Waals surface area contributed by atoms with E-state index in [1.807, 2.05) is 32.0 Å². The van der Waals surface area contributed by atoms with Crippen LogP contribution in [0, 0.1) is 13.8 Å². The Labute approximate surface area is 122 Å². The van der Waals surface area contributed by atoms with E-state index in [-0.39, 0.29) is 5.56 Å². The van der Waals surface area contributed by atoms with Gasteiger partial charge in [0.2, 0.25) is 0 Å². The predicted octanol–water partition coefficient (Wildman–Crippen LogP) is 1.89. The van der Waals surface area contributed by atoms with Crippen LogP contribution in [-0.4, -0.2) is 27.5 Å². The third kappa shape index (κ3) is 3.46. The third-order valence-corrected chi connectivity index (χ3v) is 3.99. The number of hydrogen-bond acceptors (Lipinski definition) is 5. The second kappa shape index (κ2) is 6.67. The summed E-state index contributed by atoms with van der Waals surface area (Å²) >= 11 is 1.46. The van der Waals surface area contributed by atoms with Crippen molar-refractivity contribution in [2.24, 2.45) is 5.73 Å². The van der Waals surface area contributed by atoms with E-state index in [9.17, 15) is 4.79 Å². The molecule has 0 aliphatic carbocycles. The third-order valence-electron chi connectivity index (χ3n) is 3.04. The molecule has 0 fully saturated rings. The molecule has 0 saturated heterocycles. The lowest BCUT2D eigenvalue weighted by atomic mass is 10.0. The molecule has 0 aliphatic heterocycles. The zero-order chi connectivity index (χ0) is 14.5. The van der Waals surface area contributed by atoms with Crippen LogP contribution < -0.4 is 11.3 Å². The summed E-state index contributed by atoms with van der Waals surface area (Å²) in [6, 6.07) is 5.83. The minimum absolute atomic E-state index is 0.210. The van der Waals surface area contributed by atoms with Gasteiger partial charge >= 0.3 is 0 Å². The minimum atomic E-state index is -0.210. The first-order chi connectivity index (χ1) is 9.61. The van der Waals surface area contributed by atoms with Gasteiger partial charge in [-0.15, -0.1) is 10.2 Å². The number of H-pyrrole nitrogens is 1. The van der Waals surface area contributed by atoms with Crippen LogP contribution in [0.5, 0.6) is 0 Å². The lowest BCUT2D eigenvalue weighted by Crippen LogP contribution is -2.14.